The van der Waals surface area contributed by atoms with Gasteiger partial charge in [0.2, 0.25) is 21.7 Å². The molecule has 0 bridgehead atoms. The molecule has 11 nitrogen and oxygen atoms in total. The minimum absolute atomic E-state index is 0.112. The van der Waals surface area contributed by atoms with Gasteiger partial charge in [0.25, 0.3) is 5.91 Å². The predicted molar refractivity (Wildman–Crippen MR) is 145 cm³/mol. The molecule has 2 aromatic carbocycles. The number of carbonyl (C=O) groups is 1. The van der Waals surface area contributed by atoms with Crippen molar-refractivity contribution in [1.29, 1.82) is 0 Å². The molecule has 1 aromatic heterocycles. The number of aromatic nitrogens is 2. The molecular weight excluding hydrogens is 524 g/mol. The van der Waals surface area contributed by atoms with E-state index in [1.807, 2.05) is 27.7 Å². The average molecular weight is 559 g/mol. The summed E-state index contributed by atoms with van der Waals surface area (Å²) in [4.78, 5) is 13.0. The molecular formula is C27H34N4O7S. The van der Waals surface area contributed by atoms with E-state index in [0.29, 0.717) is 61.6 Å². The molecule has 0 radical (unpaired) electrons. The molecule has 1 atom stereocenters. The lowest BCUT2D eigenvalue weighted by Gasteiger charge is -2.30. The van der Waals surface area contributed by atoms with Crippen LogP contribution >= 0.6 is 0 Å². The molecule has 1 fully saturated rings. The van der Waals surface area contributed by atoms with Crippen LogP contribution in [0.5, 0.6) is 17.2 Å². The van der Waals surface area contributed by atoms with Gasteiger partial charge in [-0.15, -0.1) is 5.10 Å². The van der Waals surface area contributed by atoms with Crippen molar-refractivity contribution in [1.82, 2.24) is 14.5 Å². The van der Waals surface area contributed by atoms with Gasteiger partial charge in [-0.25, -0.2) is 8.42 Å². The molecule has 39 heavy (non-hydrogen) atoms. The van der Waals surface area contributed by atoms with Crippen LogP contribution in [0.15, 0.2) is 45.7 Å². The summed E-state index contributed by atoms with van der Waals surface area (Å²) in [6.45, 7) is 9.89. The highest BCUT2D eigenvalue weighted by Gasteiger charge is 2.29. The summed E-state index contributed by atoms with van der Waals surface area (Å²) in [6.07, 6.45) is 1.85. The Morgan fingerprint density at radius 3 is 2.26 bits per heavy atom. The van der Waals surface area contributed by atoms with Crippen LogP contribution in [0.2, 0.25) is 0 Å². The Hall–Kier alpha value is -3.64. The minimum atomic E-state index is -3.61. The van der Waals surface area contributed by atoms with Crippen LogP contribution in [0.4, 0.5) is 6.01 Å². The van der Waals surface area contributed by atoms with Crippen LogP contribution in [0.1, 0.15) is 50.9 Å². The average Bonchev–Trinajstić information content (AvgIpc) is 3.39. The minimum Gasteiger partial charge on any atom is -0.490 e. The van der Waals surface area contributed by atoms with Crippen LogP contribution in [0.3, 0.4) is 0 Å². The number of anilines is 1. The quantitative estimate of drug-likeness (QED) is 0.358. The zero-order valence-electron chi connectivity index (χ0n) is 22.6. The fourth-order valence-corrected chi connectivity index (χ4v) is 5.96. The Morgan fingerprint density at radius 2 is 1.67 bits per heavy atom. The maximum Gasteiger partial charge on any atom is 0.322 e. The van der Waals surface area contributed by atoms with Crippen molar-refractivity contribution in [2.75, 3.05) is 38.2 Å². The Kier molecular flexibility index (Phi) is 9.08. The summed E-state index contributed by atoms with van der Waals surface area (Å²) < 4.78 is 50.4. The fourth-order valence-electron chi connectivity index (χ4n) is 4.36. The summed E-state index contributed by atoms with van der Waals surface area (Å²) in [7, 11) is -3.61. The maximum absolute atomic E-state index is 13.0. The van der Waals surface area contributed by atoms with Gasteiger partial charge in [-0.05, 0) is 75.9 Å². The SMILES string of the molecule is CCOc1cc(-c2nnc(NC(=O)c3ccc(S(=O)(=O)N4CCCC(C)C4)cc3)o2)cc(OCC)c1OCC. The van der Waals surface area contributed by atoms with E-state index in [2.05, 4.69) is 15.5 Å². The molecule has 1 aliphatic rings. The van der Waals surface area contributed by atoms with Crippen LogP contribution < -0.4 is 19.5 Å². The predicted octanol–water partition coefficient (Wildman–Crippen LogP) is 4.61. The number of rotatable bonds is 11. The highest BCUT2D eigenvalue weighted by Crippen LogP contribution is 2.42. The van der Waals surface area contributed by atoms with Crippen molar-refractivity contribution in [2.24, 2.45) is 5.92 Å². The first-order chi connectivity index (χ1) is 18.8. The molecule has 2 heterocycles. The summed E-state index contributed by atoms with van der Waals surface area (Å²) in [5.74, 6) is 1.37. The Morgan fingerprint density at radius 1 is 1.03 bits per heavy atom. The first-order valence-corrected chi connectivity index (χ1v) is 14.5. The van der Waals surface area contributed by atoms with Crippen molar-refractivity contribution < 1.29 is 31.8 Å². The molecule has 1 N–H and O–H groups in total. The summed E-state index contributed by atoms with van der Waals surface area (Å²) in [5, 5.41) is 10.5. The largest absolute Gasteiger partial charge is 0.490 e. The second-order valence-electron chi connectivity index (χ2n) is 9.10. The third-order valence-corrected chi connectivity index (χ3v) is 8.05. The van der Waals surface area contributed by atoms with Gasteiger partial charge in [0.15, 0.2) is 11.5 Å². The normalized spacial score (nSPS) is 16.1. The Bertz CT molecular complexity index is 1360. The monoisotopic (exact) mass is 558 g/mol. The number of hydrogen-bond acceptors (Lipinski definition) is 9. The topological polar surface area (TPSA) is 133 Å². The van der Waals surface area contributed by atoms with Crippen molar-refractivity contribution in [2.45, 2.75) is 45.4 Å². The lowest BCUT2D eigenvalue weighted by molar-refractivity contribution is 0.102. The van der Waals surface area contributed by atoms with E-state index in [0.717, 1.165) is 12.8 Å². The molecule has 12 heteroatoms. The van der Waals surface area contributed by atoms with Crippen LogP contribution in [-0.2, 0) is 10.0 Å². The van der Waals surface area contributed by atoms with Gasteiger partial charge in [0.1, 0.15) is 0 Å². The molecule has 4 rings (SSSR count). The number of sulfonamides is 1. The van der Waals surface area contributed by atoms with Crippen LogP contribution in [0.25, 0.3) is 11.5 Å². The van der Waals surface area contributed by atoms with Crippen LogP contribution in [0, 0.1) is 5.92 Å². The molecule has 0 spiro atoms. The standard InChI is InChI=1S/C27H34N4O7S/c1-5-35-22-15-20(16-23(36-6-2)24(22)37-7-3)26-29-30-27(38-26)28-25(32)19-10-12-21(13-11-19)39(33,34)31-14-8-9-18(4)17-31/h10-13,15-16,18H,5-9,14,17H2,1-4H3,(H,28,30,32). The number of ether oxygens (including phenoxy) is 3. The highest BCUT2D eigenvalue weighted by molar-refractivity contribution is 7.89. The number of nitrogens with one attached hydrogen (secondary N) is 1. The number of hydrogen-bond donors (Lipinski definition) is 1. The third kappa shape index (κ3) is 6.51. The van der Waals surface area contributed by atoms with Crippen molar-refractivity contribution in [3.63, 3.8) is 0 Å². The molecule has 210 valence electrons. The maximum atomic E-state index is 13.0. The van der Waals surface area contributed by atoms with E-state index < -0.39 is 15.9 Å². The highest BCUT2D eigenvalue weighted by atomic mass is 32.2. The second-order valence-corrected chi connectivity index (χ2v) is 11.0. The van der Waals surface area contributed by atoms with Crippen LogP contribution in [-0.4, -0.2) is 61.7 Å². The Labute approximate surface area is 228 Å². The van der Waals surface area contributed by atoms with Gasteiger partial charge in [0, 0.05) is 24.2 Å². The van der Waals surface area contributed by atoms with E-state index in [9.17, 15) is 13.2 Å². The molecule has 3 aromatic rings. The number of benzene rings is 2. The van der Waals surface area contributed by atoms with Gasteiger partial charge < -0.3 is 18.6 Å². The van der Waals surface area contributed by atoms with E-state index in [4.69, 9.17) is 18.6 Å². The van der Waals surface area contributed by atoms with E-state index in [1.54, 1.807) is 12.1 Å². The van der Waals surface area contributed by atoms with Gasteiger partial charge in [-0.1, -0.05) is 12.0 Å². The smallest absolute Gasteiger partial charge is 0.322 e. The van der Waals surface area contributed by atoms with Crippen molar-refractivity contribution in [3.05, 3.63) is 42.0 Å². The van der Waals surface area contributed by atoms with E-state index in [-0.39, 0.29) is 22.4 Å². The first kappa shape index (κ1) is 28.4. The molecule has 0 saturated carbocycles. The molecule has 1 amide bonds. The molecule has 0 aliphatic carbocycles. The van der Waals surface area contributed by atoms with Gasteiger partial charge in [-0.3, -0.25) is 10.1 Å². The number of piperidine rings is 1. The number of carbonyl (C=O) groups excluding carboxylic acids is 1. The summed E-state index contributed by atoms with van der Waals surface area (Å²) in [5.41, 5.74) is 0.777. The molecule has 1 unspecified atom stereocenters. The number of amides is 1. The van der Waals surface area contributed by atoms with Gasteiger partial charge in [-0.2, -0.15) is 4.31 Å². The third-order valence-electron chi connectivity index (χ3n) is 6.18. The second kappa shape index (κ2) is 12.5. The van der Waals surface area contributed by atoms with Crippen molar-refractivity contribution in [3.8, 4) is 28.7 Å². The summed E-state index contributed by atoms with van der Waals surface area (Å²) in [6, 6.07) is 9.10. The lowest BCUT2D eigenvalue weighted by Crippen LogP contribution is -2.39. The zero-order valence-corrected chi connectivity index (χ0v) is 23.4. The molecule has 1 saturated heterocycles. The fraction of sp³-hybridized carbons (Fsp3) is 0.444. The lowest BCUT2D eigenvalue weighted by atomic mass is 10.0. The zero-order chi connectivity index (χ0) is 28.0. The van der Waals surface area contributed by atoms with Gasteiger partial charge >= 0.3 is 6.01 Å². The van der Waals surface area contributed by atoms with Gasteiger partial charge in [0.05, 0.1) is 24.7 Å². The van der Waals surface area contributed by atoms with E-state index in [1.165, 1.54) is 28.6 Å². The summed E-state index contributed by atoms with van der Waals surface area (Å²) >= 11 is 0. The first-order valence-electron chi connectivity index (χ1n) is 13.1. The molecule has 1 aliphatic heterocycles. The number of nitrogens with zero attached hydrogens (tertiary/aromatic N) is 3. The Balaban J connectivity index is 1.50. The van der Waals surface area contributed by atoms with E-state index >= 15 is 0 Å². The van der Waals surface area contributed by atoms with Crippen molar-refractivity contribution >= 4 is 21.9 Å².